The molecule has 3 amide bonds. The number of carbonyl (C=O) groups is 4. The van der Waals surface area contributed by atoms with Crippen LogP contribution in [-0.2, 0) is 33.4 Å². The summed E-state index contributed by atoms with van der Waals surface area (Å²) in [7, 11) is 1.49. The number of anilines is 1. The second kappa shape index (κ2) is 17.7. The Bertz CT molecular complexity index is 1660. The molecule has 1 unspecified atom stereocenters. The zero-order valence-corrected chi connectivity index (χ0v) is 32.7. The SMILES string of the molecule is C=CCCC(=O)N[C@H](COC)[C@H](OC(=O)[C@@H]1[C@H]2O[C@@]3(CC2Br)[C@H](C(=O)N(CC=C)c2ccccc2Cl)N([C@@H](CO)CC(C)C)C(=O)[C@@H]13)c1ccccc1. The Hall–Kier alpha value is -3.55. The van der Waals surface area contributed by atoms with Gasteiger partial charge in [0.2, 0.25) is 11.8 Å². The second-order valence-electron chi connectivity index (χ2n) is 14.3. The van der Waals surface area contributed by atoms with Crippen molar-refractivity contribution in [1.82, 2.24) is 10.2 Å². The fourth-order valence-electron chi connectivity index (χ4n) is 8.21. The zero-order valence-electron chi connectivity index (χ0n) is 30.4. The Morgan fingerprint density at radius 1 is 1.15 bits per heavy atom. The number of nitrogens with one attached hydrogen (secondary N) is 1. The average molecular weight is 815 g/mol. The number of esters is 1. The van der Waals surface area contributed by atoms with Gasteiger partial charge >= 0.3 is 5.97 Å². The number of likely N-dealkylation sites (tertiary alicyclic amines) is 1. The van der Waals surface area contributed by atoms with Crippen molar-refractivity contribution in [3.8, 4) is 0 Å². The van der Waals surface area contributed by atoms with Gasteiger partial charge in [-0.25, -0.2) is 0 Å². The number of methoxy groups -OCH3 is 1. The Morgan fingerprint density at radius 2 is 1.85 bits per heavy atom. The highest BCUT2D eigenvalue weighted by atomic mass is 79.9. The van der Waals surface area contributed by atoms with E-state index in [9.17, 15) is 19.5 Å². The van der Waals surface area contributed by atoms with Gasteiger partial charge in [-0.15, -0.1) is 13.2 Å². The normalized spacial score (nSPS) is 26.1. The predicted octanol–water partition coefficient (Wildman–Crippen LogP) is 5.40. The van der Waals surface area contributed by atoms with E-state index in [0.29, 0.717) is 29.1 Å². The monoisotopic (exact) mass is 813 g/mol. The highest BCUT2D eigenvalue weighted by Gasteiger charge is 2.77. The van der Waals surface area contributed by atoms with E-state index in [2.05, 4.69) is 34.4 Å². The van der Waals surface area contributed by atoms with Crippen LogP contribution in [0.15, 0.2) is 79.9 Å². The number of halogens is 2. The molecule has 2 bridgehead atoms. The molecule has 13 heteroatoms. The number of aliphatic hydroxyl groups is 1. The average Bonchev–Trinajstić information content (AvgIpc) is 3.74. The Morgan fingerprint density at radius 3 is 2.47 bits per heavy atom. The van der Waals surface area contributed by atoms with Crippen LogP contribution in [0.4, 0.5) is 5.69 Å². The van der Waals surface area contributed by atoms with Gasteiger partial charge in [-0.05, 0) is 42.9 Å². The smallest absolute Gasteiger partial charge is 0.313 e. The lowest BCUT2D eigenvalue weighted by atomic mass is 9.70. The maximum absolute atomic E-state index is 15.0. The predicted molar refractivity (Wildman–Crippen MR) is 205 cm³/mol. The second-order valence-corrected chi connectivity index (χ2v) is 15.9. The molecule has 3 fully saturated rings. The number of para-hydroxylation sites is 1. The minimum atomic E-state index is -1.44. The summed E-state index contributed by atoms with van der Waals surface area (Å²) in [5, 5.41) is 14.0. The maximum Gasteiger partial charge on any atom is 0.313 e. The molecular weight excluding hydrogens is 766 g/mol. The molecule has 9 atom stereocenters. The van der Waals surface area contributed by atoms with Gasteiger partial charge in [0.1, 0.15) is 17.7 Å². The van der Waals surface area contributed by atoms with Crippen molar-refractivity contribution < 1.29 is 38.5 Å². The van der Waals surface area contributed by atoms with Crippen LogP contribution in [0.25, 0.3) is 0 Å². The number of fused-ring (bicyclic) bond motifs is 1. The van der Waals surface area contributed by atoms with Crippen LogP contribution in [0.3, 0.4) is 0 Å². The van der Waals surface area contributed by atoms with E-state index in [1.165, 1.54) is 16.9 Å². The highest BCUT2D eigenvalue weighted by molar-refractivity contribution is 9.09. The van der Waals surface area contributed by atoms with Gasteiger partial charge in [0.05, 0.1) is 53.9 Å². The van der Waals surface area contributed by atoms with E-state index in [0.717, 1.165) is 0 Å². The van der Waals surface area contributed by atoms with E-state index < -0.39 is 77.0 Å². The van der Waals surface area contributed by atoms with Crippen LogP contribution in [-0.4, -0.2) is 95.2 Å². The summed E-state index contributed by atoms with van der Waals surface area (Å²) >= 11 is 10.4. The van der Waals surface area contributed by atoms with E-state index in [1.807, 2.05) is 19.9 Å². The molecule has 3 heterocycles. The van der Waals surface area contributed by atoms with Crippen molar-refractivity contribution in [1.29, 1.82) is 0 Å². The van der Waals surface area contributed by atoms with E-state index in [4.69, 9.17) is 25.8 Å². The molecule has 286 valence electrons. The molecule has 0 saturated carbocycles. The first-order valence-electron chi connectivity index (χ1n) is 18.0. The van der Waals surface area contributed by atoms with Crippen molar-refractivity contribution in [3.05, 3.63) is 90.5 Å². The molecule has 3 saturated heterocycles. The topological polar surface area (TPSA) is 135 Å². The van der Waals surface area contributed by atoms with Crippen LogP contribution in [0.5, 0.6) is 0 Å². The van der Waals surface area contributed by atoms with Gasteiger partial charge < -0.3 is 34.4 Å². The number of hydrogen-bond acceptors (Lipinski definition) is 8. The van der Waals surface area contributed by atoms with Crippen LogP contribution < -0.4 is 10.2 Å². The summed E-state index contributed by atoms with van der Waals surface area (Å²) in [5.74, 6) is -4.05. The molecule has 1 spiro atoms. The number of hydrogen-bond donors (Lipinski definition) is 2. The van der Waals surface area contributed by atoms with Gasteiger partial charge in [0.15, 0.2) is 0 Å². The van der Waals surface area contributed by atoms with E-state index >= 15 is 4.79 Å². The standard InChI is InChI=1S/C40H49BrClN3O8/c1-6-8-18-31(47)43-29(23-51-5)34(25-14-10-9-11-15-25)52-39(50)32-33-37(48)45(26(22-46)20-24(3)4)36(40(33)21-27(41)35(32)53-40)38(49)44(19-7-2)30-17-13-12-16-28(30)42/h6-7,9-17,24,26-27,29,32-36,46H,1-2,8,18-23H2,3-5H3,(H,43,47)/t26-,27?,29-,32+,33-,34-,35+,36+,40-/m1/s1. The summed E-state index contributed by atoms with van der Waals surface area (Å²) in [5.41, 5.74) is -0.389. The van der Waals surface area contributed by atoms with Crippen molar-refractivity contribution in [3.63, 3.8) is 0 Å². The van der Waals surface area contributed by atoms with Crippen molar-refractivity contribution in [2.45, 2.75) is 80.3 Å². The molecule has 0 radical (unpaired) electrons. The van der Waals surface area contributed by atoms with Gasteiger partial charge in [-0.2, -0.15) is 0 Å². The molecule has 11 nitrogen and oxygen atoms in total. The van der Waals surface area contributed by atoms with Gasteiger partial charge in [0.25, 0.3) is 5.91 Å². The Balaban J connectivity index is 1.57. The first-order valence-corrected chi connectivity index (χ1v) is 19.3. The number of carbonyl (C=O) groups excluding carboxylic acids is 4. The largest absolute Gasteiger partial charge is 0.455 e. The molecule has 5 rings (SSSR count). The van der Waals surface area contributed by atoms with Crippen LogP contribution in [0.2, 0.25) is 5.02 Å². The Labute approximate surface area is 324 Å². The van der Waals surface area contributed by atoms with Gasteiger partial charge in [0, 0.05) is 24.9 Å². The lowest BCUT2D eigenvalue weighted by Gasteiger charge is -2.40. The van der Waals surface area contributed by atoms with Crippen molar-refractivity contribution in [2.75, 3.05) is 31.8 Å². The molecule has 2 aromatic carbocycles. The first kappa shape index (κ1) is 40.6. The van der Waals surface area contributed by atoms with Crippen LogP contribution in [0.1, 0.15) is 51.2 Å². The molecule has 3 aliphatic rings. The number of ether oxygens (including phenoxy) is 3. The summed E-state index contributed by atoms with van der Waals surface area (Å²) < 4.78 is 18.6. The summed E-state index contributed by atoms with van der Waals surface area (Å²) in [6.45, 7) is 11.2. The molecular formula is C40H49BrClN3O8. The molecule has 0 aliphatic carbocycles. The molecule has 0 aromatic heterocycles. The molecule has 3 aliphatic heterocycles. The third-order valence-electron chi connectivity index (χ3n) is 10.3. The highest BCUT2D eigenvalue weighted by Crippen LogP contribution is 2.61. The van der Waals surface area contributed by atoms with Crippen molar-refractivity contribution in [2.24, 2.45) is 17.8 Å². The summed E-state index contributed by atoms with van der Waals surface area (Å²) in [4.78, 5) is 60.1. The summed E-state index contributed by atoms with van der Waals surface area (Å²) in [6.07, 6.45) is 2.73. The quantitative estimate of drug-likeness (QED) is 0.116. The lowest BCUT2D eigenvalue weighted by molar-refractivity contribution is -0.163. The molecule has 2 N–H and O–H groups in total. The van der Waals surface area contributed by atoms with E-state index in [-0.39, 0.29) is 37.8 Å². The zero-order chi connectivity index (χ0) is 38.4. The fraction of sp³-hybridized carbons (Fsp3) is 0.500. The number of amides is 3. The van der Waals surface area contributed by atoms with Gasteiger partial charge in [-0.1, -0.05) is 96.0 Å². The van der Waals surface area contributed by atoms with Crippen LogP contribution in [0, 0.1) is 17.8 Å². The fourth-order valence-corrected chi connectivity index (χ4v) is 9.39. The number of aliphatic hydroxyl groups excluding tert-OH is 1. The minimum absolute atomic E-state index is 0.0313. The number of rotatable bonds is 18. The van der Waals surface area contributed by atoms with Crippen molar-refractivity contribution >= 4 is 56.9 Å². The number of nitrogens with zero attached hydrogens (tertiary/aromatic N) is 2. The minimum Gasteiger partial charge on any atom is -0.455 e. The Kier molecular flexibility index (Phi) is 13.6. The van der Waals surface area contributed by atoms with Gasteiger partial charge in [-0.3, -0.25) is 19.2 Å². The lowest BCUT2D eigenvalue weighted by Crippen LogP contribution is -2.59. The van der Waals surface area contributed by atoms with Crippen LogP contribution >= 0.6 is 27.5 Å². The maximum atomic E-state index is 15.0. The number of benzene rings is 2. The third-order valence-corrected chi connectivity index (χ3v) is 11.5. The van der Waals surface area contributed by atoms with E-state index in [1.54, 1.807) is 60.7 Å². The third kappa shape index (κ3) is 8.12. The molecule has 53 heavy (non-hydrogen) atoms. The molecule has 2 aromatic rings. The number of allylic oxidation sites excluding steroid dienone is 1. The first-order chi connectivity index (χ1) is 25.4. The summed E-state index contributed by atoms with van der Waals surface area (Å²) in [6, 6.07) is 13.2. The number of alkyl halides is 1.